The summed E-state index contributed by atoms with van der Waals surface area (Å²) >= 11 is 0. The van der Waals surface area contributed by atoms with Crippen LogP contribution in [-0.4, -0.2) is 50.7 Å². The largest absolute Gasteiger partial charge is 0.492 e. The summed E-state index contributed by atoms with van der Waals surface area (Å²) in [6, 6.07) is 18.2. The van der Waals surface area contributed by atoms with Gasteiger partial charge in [0.25, 0.3) is 0 Å². The van der Waals surface area contributed by atoms with E-state index < -0.39 is 0 Å². The van der Waals surface area contributed by atoms with Crippen molar-refractivity contribution in [3.8, 4) is 5.75 Å². The molecule has 1 heterocycles. The van der Waals surface area contributed by atoms with E-state index in [4.69, 9.17) is 4.74 Å². The molecule has 1 saturated heterocycles. The average Bonchev–Trinajstić information content (AvgIpc) is 3.20. The highest BCUT2D eigenvalue weighted by molar-refractivity contribution is 5.88. The molecule has 7 heteroatoms. The molecule has 3 N–H and O–H groups in total. The normalized spacial score (nSPS) is 16.3. The van der Waals surface area contributed by atoms with Gasteiger partial charge in [0, 0.05) is 50.0 Å². The molecule has 0 saturated carbocycles. The van der Waals surface area contributed by atoms with Crippen LogP contribution in [0, 0.1) is 0 Å². The molecule has 1 aliphatic heterocycles. The SMILES string of the molecule is CCNC(=NCCOc1cccc(NC(C)=O)c1)NC1CCN(c2ccccc2)C1. The third-order valence-electron chi connectivity index (χ3n) is 4.78. The van der Waals surface area contributed by atoms with Crippen LogP contribution in [0.2, 0.25) is 0 Å². The van der Waals surface area contributed by atoms with Crippen molar-refractivity contribution in [1.82, 2.24) is 10.6 Å². The number of rotatable bonds is 8. The minimum absolute atomic E-state index is 0.101. The Balaban J connectivity index is 1.47. The molecule has 0 spiro atoms. The number of nitrogens with zero attached hydrogens (tertiary/aromatic N) is 2. The van der Waals surface area contributed by atoms with E-state index in [9.17, 15) is 4.79 Å². The third-order valence-corrected chi connectivity index (χ3v) is 4.78. The number of carbonyl (C=O) groups excluding carboxylic acids is 1. The summed E-state index contributed by atoms with van der Waals surface area (Å²) < 4.78 is 5.78. The highest BCUT2D eigenvalue weighted by atomic mass is 16.5. The van der Waals surface area contributed by atoms with E-state index in [2.05, 4.69) is 57.0 Å². The Labute approximate surface area is 178 Å². The van der Waals surface area contributed by atoms with Crippen molar-refractivity contribution in [1.29, 1.82) is 0 Å². The van der Waals surface area contributed by atoms with Gasteiger partial charge in [0.05, 0.1) is 6.54 Å². The van der Waals surface area contributed by atoms with Crippen LogP contribution in [0.25, 0.3) is 0 Å². The van der Waals surface area contributed by atoms with Crippen molar-refractivity contribution in [2.24, 2.45) is 4.99 Å². The van der Waals surface area contributed by atoms with Crippen molar-refractivity contribution in [3.05, 3.63) is 54.6 Å². The van der Waals surface area contributed by atoms with Gasteiger partial charge in [-0.15, -0.1) is 0 Å². The number of guanidine groups is 1. The van der Waals surface area contributed by atoms with Crippen LogP contribution >= 0.6 is 0 Å². The van der Waals surface area contributed by atoms with Crippen LogP contribution in [0.3, 0.4) is 0 Å². The molecule has 0 bridgehead atoms. The fraction of sp³-hybridized carbons (Fsp3) is 0.391. The molecule has 7 nitrogen and oxygen atoms in total. The molecule has 30 heavy (non-hydrogen) atoms. The molecule has 1 atom stereocenters. The van der Waals surface area contributed by atoms with Crippen molar-refractivity contribution in [2.45, 2.75) is 26.3 Å². The lowest BCUT2D eigenvalue weighted by Gasteiger charge is -2.20. The molecular formula is C23H31N5O2. The van der Waals surface area contributed by atoms with Gasteiger partial charge in [-0.2, -0.15) is 0 Å². The highest BCUT2D eigenvalue weighted by Gasteiger charge is 2.23. The molecule has 1 amide bonds. The van der Waals surface area contributed by atoms with E-state index in [1.165, 1.54) is 12.6 Å². The third kappa shape index (κ3) is 6.69. The molecule has 2 aromatic rings. The molecule has 0 aliphatic carbocycles. The Hall–Kier alpha value is -3.22. The van der Waals surface area contributed by atoms with E-state index in [1.807, 2.05) is 30.3 Å². The minimum atomic E-state index is -0.101. The van der Waals surface area contributed by atoms with Crippen LogP contribution in [0.15, 0.2) is 59.6 Å². The number of ether oxygens (including phenoxy) is 1. The van der Waals surface area contributed by atoms with Crippen molar-refractivity contribution in [3.63, 3.8) is 0 Å². The Bertz CT molecular complexity index is 840. The summed E-state index contributed by atoms with van der Waals surface area (Å²) in [5.41, 5.74) is 1.99. The fourth-order valence-electron chi connectivity index (χ4n) is 3.45. The van der Waals surface area contributed by atoms with Gasteiger partial charge in [-0.3, -0.25) is 4.79 Å². The highest BCUT2D eigenvalue weighted by Crippen LogP contribution is 2.20. The zero-order valence-corrected chi connectivity index (χ0v) is 17.7. The van der Waals surface area contributed by atoms with E-state index >= 15 is 0 Å². The van der Waals surface area contributed by atoms with Gasteiger partial charge in [-0.25, -0.2) is 4.99 Å². The zero-order valence-electron chi connectivity index (χ0n) is 17.7. The second-order valence-electron chi connectivity index (χ2n) is 7.23. The summed E-state index contributed by atoms with van der Waals surface area (Å²) in [6.07, 6.45) is 1.08. The minimum Gasteiger partial charge on any atom is -0.492 e. The van der Waals surface area contributed by atoms with Gasteiger partial charge in [0.1, 0.15) is 12.4 Å². The summed E-state index contributed by atoms with van der Waals surface area (Å²) in [5.74, 6) is 1.42. The Morgan fingerprint density at radius 2 is 2.03 bits per heavy atom. The first-order chi connectivity index (χ1) is 14.6. The van der Waals surface area contributed by atoms with Crippen LogP contribution in [0.5, 0.6) is 5.75 Å². The first kappa shape index (κ1) is 21.5. The average molecular weight is 410 g/mol. The van der Waals surface area contributed by atoms with Crippen LogP contribution in [0.1, 0.15) is 20.3 Å². The zero-order chi connectivity index (χ0) is 21.2. The number of nitrogens with one attached hydrogen (secondary N) is 3. The summed E-state index contributed by atoms with van der Waals surface area (Å²) in [7, 11) is 0. The Kier molecular flexibility index (Phi) is 7.94. The number of carbonyl (C=O) groups is 1. The smallest absolute Gasteiger partial charge is 0.221 e. The first-order valence-corrected chi connectivity index (χ1v) is 10.5. The molecule has 160 valence electrons. The number of para-hydroxylation sites is 1. The second kappa shape index (κ2) is 11.1. The topological polar surface area (TPSA) is 78.0 Å². The van der Waals surface area contributed by atoms with Crippen LogP contribution < -0.4 is 25.6 Å². The lowest BCUT2D eigenvalue weighted by Crippen LogP contribution is -2.44. The van der Waals surface area contributed by atoms with E-state index in [-0.39, 0.29) is 5.91 Å². The van der Waals surface area contributed by atoms with Crippen molar-refractivity contribution in [2.75, 3.05) is 43.0 Å². The van der Waals surface area contributed by atoms with Crippen molar-refractivity contribution >= 4 is 23.2 Å². The number of hydrogen-bond donors (Lipinski definition) is 3. The lowest BCUT2D eigenvalue weighted by molar-refractivity contribution is -0.114. The molecule has 1 unspecified atom stereocenters. The summed E-state index contributed by atoms with van der Waals surface area (Å²) in [4.78, 5) is 18.2. The van der Waals surface area contributed by atoms with E-state index in [0.29, 0.717) is 24.9 Å². The Morgan fingerprint density at radius 1 is 1.20 bits per heavy atom. The predicted molar refractivity (Wildman–Crippen MR) is 122 cm³/mol. The maximum atomic E-state index is 11.2. The maximum Gasteiger partial charge on any atom is 0.221 e. The monoisotopic (exact) mass is 409 g/mol. The number of anilines is 2. The van der Waals surface area contributed by atoms with Gasteiger partial charge in [0.15, 0.2) is 5.96 Å². The van der Waals surface area contributed by atoms with Crippen LogP contribution in [-0.2, 0) is 4.79 Å². The summed E-state index contributed by atoms with van der Waals surface area (Å²) in [6.45, 7) is 7.35. The molecule has 0 aromatic heterocycles. The predicted octanol–water partition coefficient (Wildman–Crippen LogP) is 2.86. The standard InChI is InChI=1S/C23H31N5O2/c1-3-24-23(27-20-12-14-28(17-20)21-9-5-4-6-10-21)25-13-15-30-22-11-7-8-19(16-22)26-18(2)29/h4-11,16,20H,3,12-15,17H2,1-2H3,(H,26,29)(H2,24,25,27). The molecule has 0 radical (unpaired) electrons. The maximum absolute atomic E-state index is 11.2. The molecular weight excluding hydrogens is 378 g/mol. The van der Waals surface area contributed by atoms with Crippen molar-refractivity contribution < 1.29 is 9.53 Å². The number of hydrogen-bond acceptors (Lipinski definition) is 4. The fourth-order valence-corrected chi connectivity index (χ4v) is 3.45. The van der Waals surface area contributed by atoms with E-state index in [0.717, 1.165) is 37.7 Å². The quantitative estimate of drug-likeness (QED) is 0.355. The lowest BCUT2D eigenvalue weighted by atomic mass is 10.3. The Morgan fingerprint density at radius 3 is 2.80 bits per heavy atom. The van der Waals surface area contributed by atoms with Crippen LogP contribution in [0.4, 0.5) is 11.4 Å². The van der Waals surface area contributed by atoms with Gasteiger partial charge < -0.3 is 25.6 Å². The van der Waals surface area contributed by atoms with E-state index in [1.54, 1.807) is 0 Å². The first-order valence-electron chi connectivity index (χ1n) is 10.5. The summed E-state index contributed by atoms with van der Waals surface area (Å²) in [5, 5.41) is 9.61. The van der Waals surface area contributed by atoms with Gasteiger partial charge >= 0.3 is 0 Å². The molecule has 1 fully saturated rings. The van der Waals surface area contributed by atoms with Gasteiger partial charge in [-0.05, 0) is 37.6 Å². The van der Waals surface area contributed by atoms with Gasteiger partial charge in [0.2, 0.25) is 5.91 Å². The molecule has 3 rings (SSSR count). The number of aliphatic imine (C=N–C) groups is 1. The second-order valence-corrected chi connectivity index (χ2v) is 7.23. The molecule has 1 aliphatic rings. The molecule has 2 aromatic carbocycles. The number of amides is 1. The number of benzene rings is 2. The van der Waals surface area contributed by atoms with Gasteiger partial charge in [-0.1, -0.05) is 24.3 Å².